The van der Waals surface area contributed by atoms with Gasteiger partial charge in [-0.3, -0.25) is 4.68 Å². The summed E-state index contributed by atoms with van der Waals surface area (Å²) in [7, 11) is 1.73. The van der Waals surface area contributed by atoms with E-state index in [9.17, 15) is 8.78 Å². The predicted molar refractivity (Wildman–Crippen MR) is 63.5 cm³/mol. The number of nitrogens with zero attached hydrogens (tertiary/aromatic N) is 2. The van der Waals surface area contributed by atoms with Crippen molar-refractivity contribution in [2.24, 2.45) is 7.05 Å². The minimum atomic E-state index is -0.838. The maximum absolute atomic E-state index is 13.6. The Balaban J connectivity index is 2.46. The largest absolute Gasteiger partial charge is 0.447 e. The zero-order valence-electron chi connectivity index (χ0n) is 10.3. The van der Waals surface area contributed by atoms with Crippen LogP contribution in [-0.2, 0) is 7.05 Å². The Morgan fingerprint density at radius 3 is 2.17 bits per heavy atom. The van der Waals surface area contributed by atoms with Crippen LogP contribution < -0.4 is 10.5 Å². The lowest BCUT2D eigenvalue weighted by Crippen LogP contribution is -1.97. The van der Waals surface area contributed by atoms with Crippen LogP contribution in [0.15, 0.2) is 12.1 Å². The number of hydrogen-bond acceptors (Lipinski definition) is 3. The Hall–Kier alpha value is -2.11. The van der Waals surface area contributed by atoms with Crippen molar-refractivity contribution in [1.29, 1.82) is 0 Å². The molecule has 4 nitrogen and oxygen atoms in total. The van der Waals surface area contributed by atoms with Gasteiger partial charge in [0.25, 0.3) is 0 Å². The molecule has 18 heavy (non-hydrogen) atoms. The number of aryl methyl sites for hydroxylation is 2. The standard InChI is InChI=1S/C12H13F2N3O/c1-6-11(7(2)17(3)16-6)18-12-9(13)4-8(15)5-10(12)14/h4-5H,15H2,1-3H3. The SMILES string of the molecule is Cc1nn(C)c(C)c1Oc1c(F)cc(N)cc1F. The highest BCUT2D eigenvalue weighted by atomic mass is 19.1. The maximum atomic E-state index is 13.6. The molecule has 2 rings (SSSR count). The first-order valence-electron chi connectivity index (χ1n) is 5.32. The van der Waals surface area contributed by atoms with Crippen LogP contribution in [0.3, 0.4) is 0 Å². The van der Waals surface area contributed by atoms with Crippen molar-refractivity contribution in [1.82, 2.24) is 9.78 Å². The summed E-state index contributed by atoms with van der Waals surface area (Å²) in [6.45, 7) is 3.46. The Bertz CT molecular complexity index is 585. The molecule has 0 bridgehead atoms. The van der Waals surface area contributed by atoms with Gasteiger partial charge in [0, 0.05) is 24.9 Å². The van der Waals surface area contributed by atoms with Crippen molar-refractivity contribution in [3.63, 3.8) is 0 Å². The molecular weight excluding hydrogens is 240 g/mol. The van der Waals surface area contributed by atoms with Crippen LogP contribution >= 0.6 is 0 Å². The van der Waals surface area contributed by atoms with Gasteiger partial charge < -0.3 is 10.5 Å². The Kier molecular flexibility index (Phi) is 2.94. The van der Waals surface area contributed by atoms with Crippen LogP contribution in [0.2, 0.25) is 0 Å². The van der Waals surface area contributed by atoms with Crippen LogP contribution in [0.25, 0.3) is 0 Å². The van der Waals surface area contributed by atoms with Crippen LogP contribution in [0.5, 0.6) is 11.5 Å². The number of ether oxygens (including phenoxy) is 1. The fourth-order valence-electron chi connectivity index (χ4n) is 1.68. The van der Waals surface area contributed by atoms with E-state index in [4.69, 9.17) is 10.5 Å². The first kappa shape index (κ1) is 12.3. The summed E-state index contributed by atoms with van der Waals surface area (Å²) in [4.78, 5) is 0. The minimum absolute atomic E-state index is 0.0111. The van der Waals surface area contributed by atoms with Gasteiger partial charge in [-0.15, -0.1) is 0 Å². The van der Waals surface area contributed by atoms with E-state index in [2.05, 4.69) is 5.10 Å². The summed E-state index contributed by atoms with van der Waals surface area (Å²) in [5, 5.41) is 4.11. The third kappa shape index (κ3) is 2.01. The number of nitrogens with two attached hydrogens (primary N) is 1. The monoisotopic (exact) mass is 253 g/mol. The molecule has 96 valence electrons. The third-order valence-electron chi connectivity index (χ3n) is 2.67. The fourth-order valence-corrected chi connectivity index (χ4v) is 1.68. The van der Waals surface area contributed by atoms with Crippen molar-refractivity contribution in [3.8, 4) is 11.5 Å². The molecule has 0 fully saturated rings. The molecule has 0 saturated carbocycles. The van der Waals surface area contributed by atoms with Gasteiger partial charge >= 0.3 is 0 Å². The molecule has 0 aliphatic carbocycles. The average Bonchev–Trinajstić information content (AvgIpc) is 2.48. The number of anilines is 1. The van der Waals surface area contributed by atoms with Gasteiger partial charge in [-0.05, 0) is 13.8 Å². The van der Waals surface area contributed by atoms with Gasteiger partial charge in [0.2, 0.25) is 0 Å². The third-order valence-corrected chi connectivity index (χ3v) is 2.67. The normalized spacial score (nSPS) is 10.7. The summed E-state index contributed by atoms with van der Waals surface area (Å²) >= 11 is 0. The van der Waals surface area contributed by atoms with E-state index in [-0.39, 0.29) is 5.69 Å². The van der Waals surface area contributed by atoms with Crippen LogP contribution in [0.1, 0.15) is 11.4 Å². The van der Waals surface area contributed by atoms with Crippen molar-refractivity contribution in [2.75, 3.05) is 5.73 Å². The maximum Gasteiger partial charge on any atom is 0.198 e. The van der Waals surface area contributed by atoms with Gasteiger partial charge in [-0.2, -0.15) is 5.10 Å². The number of hydrogen-bond donors (Lipinski definition) is 1. The van der Waals surface area contributed by atoms with E-state index in [1.54, 1.807) is 25.6 Å². The van der Waals surface area contributed by atoms with Crippen LogP contribution in [0, 0.1) is 25.5 Å². The quantitative estimate of drug-likeness (QED) is 0.837. The second-order valence-electron chi connectivity index (χ2n) is 4.04. The summed E-state index contributed by atoms with van der Waals surface area (Å²) in [6, 6.07) is 2.03. The van der Waals surface area contributed by atoms with Crippen molar-refractivity contribution in [3.05, 3.63) is 35.2 Å². The van der Waals surface area contributed by atoms with Gasteiger partial charge in [0.05, 0.1) is 5.69 Å². The fraction of sp³-hybridized carbons (Fsp3) is 0.250. The molecule has 0 atom stereocenters. The Morgan fingerprint density at radius 1 is 1.17 bits per heavy atom. The topological polar surface area (TPSA) is 53.1 Å². The Morgan fingerprint density at radius 2 is 1.72 bits per heavy atom. The van der Waals surface area contributed by atoms with E-state index in [0.29, 0.717) is 17.1 Å². The molecule has 1 aromatic heterocycles. The lowest BCUT2D eigenvalue weighted by atomic mass is 10.2. The molecule has 0 aliphatic heterocycles. The zero-order valence-corrected chi connectivity index (χ0v) is 10.3. The van der Waals surface area contributed by atoms with Crippen LogP contribution in [0.4, 0.5) is 14.5 Å². The molecule has 0 spiro atoms. The van der Waals surface area contributed by atoms with E-state index >= 15 is 0 Å². The second kappa shape index (κ2) is 4.29. The summed E-state index contributed by atoms with van der Waals surface area (Å²) in [6.07, 6.45) is 0. The molecule has 0 unspecified atom stereocenters. The van der Waals surface area contributed by atoms with E-state index in [0.717, 1.165) is 12.1 Å². The number of benzene rings is 1. The summed E-state index contributed by atoms with van der Waals surface area (Å²) in [5.41, 5.74) is 6.59. The van der Waals surface area contributed by atoms with Gasteiger partial charge in [-0.1, -0.05) is 0 Å². The van der Waals surface area contributed by atoms with E-state index in [1.807, 2.05) is 0 Å². The van der Waals surface area contributed by atoms with Crippen molar-refractivity contribution >= 4 is 5.69 Å². The van der Waals surface area contributed by atoms with Gasteiger partial charge in [-0.25, -0.2) is 8.78 Å². The molecule has 0 amide bonds. The van der Waals surface area contributed by atoms with Crippen LogP contribution in [-0.4, -0.2) is 9.78 Å². The highest BCUT2D eigenvalue weighted by Gasteiger charge is 2.17. The number of halogens is 2. The lowest BCUT2D eigenvalue weighted by Gasteiger charge is -2.08. The molecule has 0 saturated heterocycles. The average molecular weight is 253 g/mol. The minimum Gasteiger partial charge on any atom is -0.447 e. The molecule has 0 aliphatic rings. The number of rotatable bonds is 2. The summed E-state index contributed by atoms with van der Waals surface area (Å²) < 4.78 is 34.1. The van der Waals surface area contributed by atoms with Gasteiger partial charge in [0.1, 0.15) is 5.69 Å². The van der Waals surface area contributed by atoms with E-state index in [1.165, 1.54) is 0 Å². The molecular formula is C12H13F2N3O. The highest BCUT2D eigenvalue weighted by molar-refractivity contribution is 5.46. The predicted octanol–water partition coefficient (Wildman–Crippen LogP) is 2.69. The first-order valence-corrected chi connectivity index (χ1v) is 5.32. The highest BCUT2D eigenvalue weighted by Crippen LogP contribution is 2.32. The number of aromatic nitrogens is 2. The Labute approximate surface area is 103 Å². The zero-order chi connectivity index (χ0) is 13.4. The molecule has 1 aromatic carbocycles. The van der Waals surface area contributed by atoms with Crippen molar-refractivity contribution < 1.29 is 13.5 Å². The summed E-state index contributed by atoms with van der Waals surface area (Å²) in [5.74, 6) is -1.80. The molecule has 2 N–H and O–H groups in total. The molecule has 0 radical (unpaired) electrons. The molecule has 2 aromatic rings. The smallest absolute Gasteiger partial charge is 0.198 e. The lowest BCUT2D eigenvalue weighted by molar-refractivity contribution is 0.403. The van der Waals surface area contributed by atoms with Crippen molar-refractivity contribution in [2.45, 2.75) is 13.8 Å². The molecule has 6 heteroatoms. The second-order valence-corrected chi connectivity index (χ2v) is 4.04. The first-order chi connectivity index (χ1) is 8.40. The molecule has 1 heterocycles. The van der Waals surface area contributed by atoms with E-state index < -0.39 is 17.4 Å². The van der Waals surface area contributed by atoms with Gasteiger partial charge in [0.15, 0.2) is 23.1 Å². The number of nitrogen functional groups attached to an aromatic ring is 1.